The van der Waals surface area contributed by atoms with E-state index in [4.69, 9.17) is 0 Å². The number of carbonyl (C=O) groups excluding carboxylic acids is 1. The molecule has 76 valence electrons. The van der Waals surface area contributed by atoms with Crippen molar-refractivity contribution in [3.05, 3.63) is 11.9 Å². The molecule has 1 heterocycles. The molecule has 1 aromatic rings. The molecule has 0 amide bonds. The van der Waals surface area contributed by atoms with E-state index >= 15 is 0 Å². The van der Waals surface area contributed by atoms with E-state index in [1.165, 1.54) is 0 Å². The molecule has 1 fully saturated rings. The molecule has 0 spiro atoms. The summed E-state index contributed by atoms with van der Waals surface area (Å²) in [5.74, 6) is 0.386. The maximum absolute atomic E-state index is 11.2. The molecule has 14 heavy (non-hydrogen) atoms. The first-order valence-corrected chi connectivity index (χ1v) is 4.94. The molecule has 0 aromatic carbocycles. The Bertz CT molecular complexity index is 358. The molecule has 0 N–H and O–H groups in total. The van der Waals surface area contributed by atoms with Gasteiger partial charge in [0.2, 0.25) is 0 Å². The quantitative estimate of drug-likeness (QED) is 0.707. The third-order valence-electron chi connectivity index (χ3n) is 2.89. The SMILES string of the molecule is Cn1cc(CC2(C)CCC(=O)C2)nn1. The predicted molar refractivity (Wildman–Crippen MR) is 51.7 cm³/mol. The van der Waals surface area contributed by atoms with Gasteiger partial charge in [-0.1, -0.05) is 12.1 Å². The molecule has 0 radical (unpaired) electrons. The van der Waals surface area contributed by atoms with Crippen molar-refractivity contribution < 1.29 is 4.79 Å². The maximum atomic E-state index is 11.2. The Morgan fingerprint density at radius 3 is 2.93 bits per heavy atom. The van der Waals surface area contributed by atoms with Crippen LogP contribution in [0.2, 0.25) is 0 Å². The van der Waals surface area contributed by atoms with Crippen LogP contribution in [0, 0.1) is 5.41 Å². The zero-order valence-electron chi connectivity index (χ0n) is 8.66. The number of Topliss-reactive ketones (excluding diaryl/α,β-unsaturated/α-hetero) is 1. The summed E-state index contributed by atoms with van der Waals surface area (Å²) in [7, 11) is 1.86. The smallest absolute Gasteiger partial charge is 0.133 e. The van der Waals surface area contributed by atoms with Crippen molar-refractivity contribution in [1.29, 1.82) is 0 Å². The van der Waals surface area contributed by atoms with Gasteiger partial charge in [0.25, 0.3) is 0 Å². The standard InChI is InChI=1S/C10H15N3O/c1-10(4-3-9(14)6-10)5-8-7-13(2)12-11-8/h7H,3-6H2,1-2H3. The molecule has 1 aliphatic carbocycles. The topological polar surface area (TPSA) is 47.8 Å². The summed E-state index contributed by atoms with van der Waals surface area (Å²) in [5.41, 5.74) is 1.11. The highest BCUT2D eigenvalue weighted by Crippen LogP contribution is 2.37. The van der Waals surface area contributed by atoms with Crippen LogP contribution < -0.4 is 0 Å². The van der Waals surface area contributed by atoms with E-state index in [0.29, 0.717) is 12.2 Å². The van der Waals surface area contributed by atoms with E-state index in [1.807, 2.05) is 13.2 Å². The van der Waals surface area contributed by atoms with Crippen LogP contribution in [-0.2, 0) is 18.3 Å². The highest BCUT2D eigenvalue weighted by molar-refractivity contribution is 5.81. The molecular formula is C10H15N3O. The fourth-order valence-corrected chi connectivity index (χ4v) is 2.16. The van der Waals surface area contributed by atoms with Crippen molar-refractivity contribution in [2.24, 2.45) is 12.5 Å². The van der Waals surface area contributed by atoms with Crippen LogP contribution in [0.4, 0.5) is 0 Å². The van der Waals surface area contributed by atoms with Crippen molar-refractivity contribution in [1.82, 2.24) is 15.0 Å². The van der Waals surface area contributed by atoms with Crippen LogP contribution in [0.5, 0.6) is 0 Å². The average molecular weight is 193 g/mol. The van der Waals surface area contributed by atoms with Gasteiger partial charge in [0.15, 0.2) is 0 Å². The number of aromatic nitrogens is 3. The molecular weight excluding hydrogens is 178 g/mol. The minimum atomic E-state index is 0.118. The summed E-state index contributed by atoms with van der Waals surface area (Å²) in [5, 5.41) is 7.94. The second kappa shape index (κ2) is 3.19. The first-order valence-electron chi connectivity index (χ1n) is 4.94. The molecule has 1 saturated carbocycles. The normalized spacial score (nSPS) is 27.1. The number of aryl methyl sites for hydroxylation is 1. The lowest BCUT2D eigenvalue weighted by Gasteiger charge is -2.20. The lowest BCUT2D eigenvalue weighted by molar-refractivity contribution is -0.117. The molecule has 2 rings (SSSR count). The Morgan fingerprint density at radius 1 is 1.64 bits per heavy atom. The van der Waals surface area contributed by atoms with Gasteiger partial charge in [-0.2, -0.15) is 0 Å². The van der Waals surface area contributed by atoms with Gasteiger partial charge in [0.1, 0.15) is 5.78 Å². The second-order valence-electron chi connectivity index (χ2n) is 4.59. The molecule has 1 aliphatic rings. The summed E-state index contributed by atoms with van der Waals surface area (Å²) in [6.07, 6.45) is 5.21. The summed E-state index contributed by atoms with van der Waals surface area (Å²) in [6.45, 7) is 2.16. The van der Waals surface area contributed by atoms with E-state index in [0.717, 1.165) is 25.0 Å². The fourth-order valence-electron chi connectivity index (χ4n) is 2.16. The molecule has 0 saturated heterocycles. The largest absolute Gasteiger partial charge is 0.300 e. The Balaban J connectivity index is 2.07. The predicted octanol–water partition coefficient (Wildman–Crippen LogP) is 1.12. The zero-order valence-corrected chi connectivity index (χ0v) is 8.66. The third kappa shape index (κ3) is 1.84. The molecule has 0 bridgehead atoms. The van der Waals surface area contributed by atoms with Gasteiger partial charge >= 0.3 is 0 Å². The van der Waals surface area contributed by atoms with Crippen LogP contribution in [0.25, 0.3) is 0 Å². The van der Waals surface area contributed by atoms with E-state index in [9.17, 15) is 4.79 Å². The van der Waals surface area contributed by atoms with Gasteiger partial charge in [-0.25, -0.2) is 0 Å². The minimum Gasteiger partial charge on any atom is -0.300 e. The first kappa shape index (κ1) is 9.37. The number of rotatable bonds is 2. The van der Waals surface area contributed by atoms with Gasteiger partial charge in [0.05, 0.1) is 5.69 Å². The van der Waals surface area contributed by atoms with Crippen molar-refractivity contribution in [3.8, 4) is 0 Å². The second-order valence-corrected chi connectivity index (χ2v) is 4.59. The monoisotopic (exact) mass is 193 g/mol. The minimum absolute atomic E-state index is 0.118. The number of carbonyl (C=O) groups is 1. The lowest BCUT2D eigenvalue weighted by Crippen LogP contribution is -2.15. The molecule has 0 aliphatic heterocycles. The fraction of sp³-hybridized carbons (Fsp3) is 0.700. The highest BCUT2D eigenvalue weighted by Gasteiger charge is 2.34. The van der Waals surface area contributed by atoms with Gasteiger partial charge in [-0.3, -0.25) is 9.48 Å². The first-order chi connectivity index (χ1) is 6.57. The van der Waals surface area contributed by atoms with Crippen molar-refractivity contribution in [2.75, 3.05) is 0 Å². The highest BCUT2D eigenvalue weighted by atomic mass is 16.1. The Morgan fingerprint density at radius 2 is 2.43 bits per heavy atom. The summed E-state index contributed by atoms with van der Waals surface area (Å²) in [6, 6.07) is 0. The maximum Gasteiger partial charge on any atom is 0.133 e. The van der Waals surface area contributed by atoms with Crippen LogP contribution >= 0.6 is 0 Å². The van der Waals surface area contributed by atoms with Crippen LogP contribution in [0.15, 0.2) is 6.20 Å². The average Bonchev–Trinajstić information content (AvgIpc) is 2.60. The van der Waals surface area contributed by atoms with E-state index < -0.39 is 0 Å². The number of ketones is 1. The summed E-state index contributed by atoms with van der Waals surface area (Å²) >= 11 is 0. The van der Waals surface area contributed by atoms with Crippen LogP contribution in [0.1, 0.15) is 31.9 Å². The van der Waals surface area contributed by atoms with Crippen molar-refractivity contribution in [3.63, 3.8) is 0 Å². The zero-order chi connectivity index (χ0) is 10.2. The van der Waals surface area contributed by atoms with Crippen LogP contribution in [-0.4, -0.2) is 20.8 Å². The number of nitrogens with zero attached hydrogens (tertiary/aromatic N) is 3. The third-order valence-corrected chi connectivity index (χ3v) is 2.89. The van der Waals surface area contributed by atoms with E-state index in [1.54, 1.807) is 4.68 Å². The number of hydrogen-bond donors (Lipinski definition) is 0. The van der Waals surface area contributed by atoms with Gasteiger partial charge in [-0.05, 0) is 18.3 Å². The van der Waals surface area contributed by atoms with Gasteiger partial charge in [0, 0.05) is 26.1 Å². The summed E-state index contributed by atoms with van der Waals surface area (Å²) in [4.78, 5) is 11.2. The number of hydrogen-bond acceptors (Lipinski definition) is 3. The molecule has 1 unspecified atom stereocenters. The van der Waals surface area contributed by atoms with E-state index in [2.05, 4.69) is 17.2 Å². The lowest BCUT2D eigenvalue weighted by atomic mass is 9.84. The Kier molecular flexibility index (Phi) is 2.13. The molecule has 4 nitrogen and oxygen atoms in total. The molecule has 1 aromatic heterocycles. The van der Waals surface area contributed by atoms with Gasteiger partial charge < -0.3 is 0 Å². The van der Waals surface area contributed by atoms with Crippen molar-refractivity contribution >= 4 is 5.78 Å². The molecule has 4 heteroatoms. The van der Waals surface area contributed by atoms with Gasteiger partial charge in [-0.15, -0.1) is 5.10 Å². The van der Waals surface area contributed by atoms with Crippen LogP contribution in [0.3, 0.4) is 0 Å². The Hall–Kier alpha value is -1.19. The van der Waals surface area contributed by atoms with E-state index in [-0.39, 0.29) is 5.41 Å². The van der Waals surface area contributed by atoms with Crippen molar-refractivity contribution in [2.45, 2.75) is 32.6 Å². The molecule has 1 atom stereocenters. The summed E-state index contributed by atoms with van der Waals surface area (Å²) < 4.78 is 1.70. The Labute approximate surface area is 83.3 Å².